The van der Waals surface area contributed by atoms with E-state index in [-0.39, 0.29) is 10.8 Å². The fourth-order valence-electron chi connectivity index (χ4n) is 9.35. The minimum Gasteiger partial charge on any atom is -0.208 e. The van der Waals surface area contributed by atoms with Gasteiger partial charge in [-0.05, 0) is 92.7 Å². The lowest BCUT2D eigenvalue weighted by molar-refractivity contribution is 0.353. The molecule has 246 valence electrons. The molecule has 1 aromatic heterocycles. The van der Waals surface area contributed by atoms with Crippen LogP contribution in [0.3, 0.4) is 0 Å². The fourth-order valence-corrected chi connectivity index (χ4v) is 9.35. The lowest BCUT2D eigenvalue weighted by Crippen LogP contribution is -2.28. The predicted molar refractivity (Wildman–Crippen MR) is 208 cm³/mol. The van der Waals surface area contributed by atoms with Crippen LogP contribution in [-0.2, 0) is 10.8 Å². The zero-order valence-corrected chi connectivity index (χ0v) is 29.2. The summed E-state index contributed by atoms with van der Waals surface area (Å²) in [5, 5.41) is 0. The zero-order valence-electron chi connectivity index (χ0n) is 29.2. The van der Waals surface area contributed by atoms with E-state index in [4.69, 9.17) is 15.0 Å². The fraction of sp³-hybridized carbons (Fsp3) is 0.188. The molecule has 10 rings (SSSR count). The van der Waals surface area contributed by atoms with E-state index >= 15 is 0 Å². The highest BCUT2D eigenvalue weighted by molar-refractivity contribution is 5.91. The Morgan fingerprint density at radius 3 is 1.61 bits per heavy atom. The first kappa shape index (κ1) is 30.2. The van der Waals surface area contributed by atoms with Gasteiger partial charge in [0.05, 0.1) is 0 Å². The van der Waals surface area contributed by atoms with Crippen LogP contribution in [0.4, 0.5) is 0 Å². The van der Waals surface area contributed by atoms with Gasteiger partial charge in [0, 0.05) is 27.5 Å². The summed E-state index contributed by atoms with van der Waals surface area (Å²) >= 11 is 0. The van der Waals surface area contributed by atoms with Crippen LogP contribution >= 0.6 is 0 Å². The van der Waals surface area contributed by atoms with Crippen molar-refractivity contribution in [3.8, 4) is 67.5 Å². The third-order valence-corrected chi connectivity index (χ3v) is 11.9. The van der Waals surface area contributed by atoms with Crippen LogP contribution in [0, 0.1) is 0 Å². The van der Waals surface area contributed by atoms with Crippen LogP contribution in [-0.4, -0.2) is 15.0 Å². The smallest absolute Gasteiger partial charge is 0.164 e. The molecule has 1 fully saturated rings. The summed E-state index contributed by atoms with van der Waals surface area (Å²) in [5.74, 6) is 2.03. The summed E-state index contributed by atoms with van der Waals surface area (Å²) in [5.41, 5.74) is 17.0. The Balaban J connectivity index is 1.11. The number of nitrogens with zero attached hydrogens (tertiary/aromatic N) is 3. The highest BCUT2D eigenvalue weighted by Gasteiger charge is 2.46. The van der Waals surface area contributed by atoms with Gasteiger partial charge in [0.2, 0.25) is 0 Å². The number of benzene rings is 6. The van der Waals surface area contributed by atoms with Gasteiger partial charge < -0.3 is 0 Å². The van der Waals surface area contributed by atoms with Crippen molar-refractivity contribution in [2.75, 3.05) is 0 Å². The maximum Gasteiger partial charge on any atom is 0.164 e. The van der Waals surface area contributed by atoms with Gasteiger partial charge in [0.25, 0.3) is 0 Å². The van der Waals surface area contributed by atoms with E-state index in [0.717, 1.165) is 16.7 Å². The van der Waals surface area contributed by atoms with E-state index in [2.05, 4.69) is 117 Å². The SMILES string of the molecule is CC1(C)c2ccccc2-c2cc3c(cc21)-c1cc(-c2cccc(-c4nc(-c5ccccc5)nc(-c5ccccc5)n4)c2)ccc1C31CCCCC1. The minimum absolute atomic E-state index is 0.0306. The molecule has 3 nitrogen and oxygen atoms in total. The van der Waals surface area contributed by atoms with Gasteiger partial charge in [0.1, 0.15) is 0 Å². The highest BCUT2D eigenvalue weighted by atomic mass is 15.0. The topological polar surface area (TPSA) is 38.7 Å². The Morgan fingerprint density at radius 2 is 0.902 bits per heavy atom. The van der Waals surface area contributed by atoms with Gasteiger partial charge in [-0.15, -0.1) is 0 Å². The molecule has 0 aliphatic heterocycles. The van der Waals surface area contributed by atoms with Crippen molar-refractivity contribution in [3.63, 3.8) is 0 Å². The largest absolute Gasteiger partial charge is 0.208 e. The number of aromatic nitrogens is 3. The Kier molecular flexibility index (Phi) is 6.76. The van der Waals surface area contributed by atoms with Gasteiger partial charge in [-0.2, -0.15) is 0 Å². The lowest BCUT2D eigenvalue weighted by atomic mass is 9.67. The molecule has 0 saturated heterocycles. The number of hydrogen-bond donors (Lipinski definition) is 0. The molecule has 0 amide bonds. The first-order valence-corrected chi connectivity index (χ1v) is 18.4. The van der Waals surface area contributed by atoms with Gasteiger partial charge in [0.15, 0.2) is 17.5 Å². The van der Waals surface area contributed by atoms with Crippen LogP contribution < -0.4 is 0 Å². The maximum atomic E-state index is 5.02. The molecule has 1 spiro atoms. The molecular formula is C48H39N3. The molecule has 7 aromatic rings. The quantitative estimate of drug-likeness (QED) is 0.189. The van der Waals surface area contributed by atoms with E-state index in [1.807, 2.05) is 36.4 Å². The van der Waals surface area contributed by atoms with Gasteiger partial charge in [-0.3, -0.25) is 0 Å². The molecule has 0 N–H and O–H groups in total. The second-order valence-electron chi connectivity index (χ2n) is 15.1. The molecule has 1 heterocycles. The third-order valence-electron chi connectivity index (χ3n) is 11.9. The summed E-state index contributed by atoms with van der Waals surface area (Å²) in [6.07, 6.45) is 6.33. The molecule has 3 aliphatic rings. The average Bonchev–Trinajstić information content (AvgIpc) is 3.58. The second-order valence-corrected chi connectivity index (χ2v) is 15.1. The lowest BCUT2D eigenvalue weighted by Gasteiger charge is -2.36. The van der Waals surface area contributed by atoms with Crippen molar-refractivity contribution < 1.29 is 0 Å². The molecule has 1 saturated carbocycles. The maximum absolute atomic E-state index is 5.02. The Morgan fingerprint density at radius 1 is 0.373 bits per heavy atom. The average molecular weight is 658 g/mol. The van der Waals surface area contributed by atoms with Gasteiger partial charge in [-0.25, -0.2) is 15.0 Å². The minimum atomic E-state index is -0.0306. The Labute approximate surface area is 300 Å². The van der Waals surface area contributed by atoms with E-state index in [1.54, 1.807) is 5.56 Å². The van der Waals surface area contributed by atoms with Crippen molar-refractivity contribution in [3.05, 3.63) is 162 Å². The normalized spacial score (nSPS) is 16.0. The molecule has 51 heavy (non-hydrogen) atoms. The number of fused-ring (bicyclic) bond motifs is 8. The molecule has 0 atom stereocenters. The van der Waals surface area contributed by atoms with Crippen LogP contribution in [0.2, 0.25) is 0 Å². The standard InChI is InChI=1S/C48H39N3/c1-47(2)40-22-11-10-21-36(40)38-30-43-39(29-42(38)47)37-28-34(23-24-41(37)48(43)25-12-5-13-26-48)33-19-14-20-35(27-33)46-50-44(31-15-6-3-7-16-31)49-45(51-46)32-17-8-4-9-18-32/h3-4,6-11,14-24,27-30H,5,12-13,25-26H2,1-2H3. The van der Waals surface area contributed by atoms with Crippen molar-refractivity contribution in [2.45, 2.75) is 56.8 Å². The van der Waals surface area contributed by atoms with Crippen LogP contribution in [0.5, 0.6) is 0 Å². The number of rotatable bonds is 4. The summed E-state index contributed by atoms with van der Waals surface area (Å²) in [7, 11) is 0. The monoisotopic (exact) mass is 657 g/mol. The Hall–Kier alpha value is -5.67. The van der Waals surface area contributed by atoms with E-state index in [0.29, 0.717) is 17.5 Å². The predicted octanol–water partition coefficient (Wildman–Crippen LogP) is 12.1. The van der Waals surface area contributed by atoms with E-state index in [9.17, 15) is 0 Å². The first-order valence-electron chi connectivity index (χ1n) is 18.4. The molecule has 0 unspecified atom stereocenters. The van der Waals surface area contributed by atoms with E-state index < -0.39 is 0 Å². The van der Waals surface area contributed by atoms with E-state index in [1.165, 1.54) is 82.2 Å². The van der Waals surface area contributed by atoms with Crippen molar-refractivity contribution >= 4 is 0 Å². The summed E-state index contributed by atoms with van der Waals surface area (Å²) < 4.78 is 0. The summed E-state index contributed by atoms with van der Waals surface area (Å²) in [6, 6.07) is 50.6. The third kappa shape index (κ3) is 4.68. The molecule has 3 aliphatic carbocycles. The first-order chi connectivity index (χ1) is 25.0. The number of hydrogen-bond acceptors (Lipinski definition) is 3. The molecular weight excluding hydrogens is 619 g/mol. The summed E-state index contributed by atoms with van der Waals surface area (Å²) in [6.45, 7) is 4.79. The highest BCUT2D eigenvalue weighted by Crippen LogP contribution is 2.60. The molecule has 0 bridgehead atoms. The van der Waals surface area contributed by atoms with Crippen molar-refractivity contribution in [1.82, 2.24) is 15.0 Å². The molecule has 0 radical (unpaired) electrons. The van der Waals surface area contributed by atoms with Crippen molar-refractivity contribution in [1.29, 1.82) is 0 Å². The summed E-state index contributed by atoms with van der Waals surface area (Å²) in [4.78, 5) is 14.9. The van der Waals surface area contributed by atoms with Crippen LogP contribution in [0.25, 0.3) is 67.5 Å². The van der Waals surface area contributed by atoms with Gasteiger partial charge in [-0.1, -0.05) is 148 Å². The molecule has 6 aromatic carbocycles. The van der Waals surface area contributed by atoms with Crippen LogP contribution in [0.15, 0.2) is 140 Å². The second kappa shape index (κ2) is 11.4. The zero-order chi connectivity index (χ0) is 34.2. The Bertz CT molecular complexity index is 2410. The van der Waals surface area contributed by atoms with Gasteiger partial charge >= 0.3 is 0 Å². The van der Waals surface area contributed by atoms with Crippen molar-refractivity contribution in [2.24, 2.45) is 0 Å². The van der Waals surface area contributed by atoms with Crippen LogP contribution in [0.1, 0.15) is 68.2 Å². The molecule has 3 heteroatoms.